The van der Waals surface area contributed by atoms with Gasteiger partial charge in [-0.3, -0.25) is 0 Å². The van der Waals surface area contributed by atoms with Crippen LogP contribution in [-0.4, -0.2) is 12.6 Å². The van der Waals surface area contributed by atoms with Crippen LogP contribution in [0.15, 0.2) is 18.2 Å². The van der Waals surface area contributed by atoms with E-state index >= 15 is 0 Å². The van der Waals surface area contributed by atoms with Crippen molar-refractivity contribution in [1.82, 2.24) is 0 Å². The highest BCUT2D eigenvalue weighted by Crippen LogP contribution is 2.32. The summed E-state index contributed by atoms with van der Waals surface area (Å²) in [4.78, 5) is 2.44. The van der Waals surface area contributed by atoms with Crippen molar-refractivity contribution in [3.63, 3.8) is 0 Å². The fourth-order valence-corrected chi connectivity index (χ4v) is 2.99. The Balaban J connectivity index is 2.34. The van der Waals surface area contributed by atoms with Gasteiger partial charge in [0, 0.05) is 28.9 Å². The van der Waals surface area contributed by atoms with Crippen molar-refractivity contribution in [1.29, 1.82) is 0 Å². The Morgan fingerprint density at radius 3 is 2.88 bits per heavy atom. The normalized spacial score (nSPS) is 21.2. The predicted molar refractivity (Wildman–Crippen MR) is 71.7 cm³/mol. The molecule has 0 amide bonds. The van der Waals surface area contributed by atoms with E-state index < -0.39 is 0 Å². The minimum Gasteiger partial charge on any atom is -0.369 e. The highest BCUT2D eigenvalue weighted by Gasteiger charge is 2.21. The number of rotatable bonds is 2. The number of hydrogen-bond acceptors (Lipinski definition) is 1. The van der Waals surface area contributed by atoms with Gasteiger partial charge in [-0.15, -0.1) is 11.6 Å². The third-order valence-electron chi connectivity index (χ3n) is 3.34. The number of alkyl halides is 1. The molecule has 1 fully saturated rings. The Morgan fingerprint density at radius 1 is 1.38 bits per heavy atom. The monoisotopic (exact) mass is 257 g/mol. The van der Waals surface area contributed by atoms with Crippen LogP contribution in [-0.2, 0) is 5.88 Å². The highest BCUT2D eigenvalue weighted by molar-refractivity contribution is 6.32. The predicted octanol–water partition coefficient (Wildman–Crippen LogP) is 4.46. The molecule has 3 heteroatoms. The van der Waals surface area contributed by atoms with Gasteiger partial charge in [0.05, 0.1) is 5.88 Å². The van der Waals surface area contributed by atoms with E-state index in [9.17, 15) is 0 Å². The van der Waals surface area contributed by atoms with Gasteiger partial charge >= 0.3 is 0 Å². The molecular formula is C13H17Cl2N. The smallest absolute Gasteiger partial charge is 0.0509 e. The molecule has 1 aromatic rings. The molecule has 1 saturated heterocycles. The number of piperidine rings is 1. The summed E-state index contributed by atoms with van der Waals surface area (Å²) in [6, 6.07) is 6.65. The molecule has 1 aliphatic rings. The summed E-state index contributed by atoms with van der Waals surface area (Å²) >= 11 is 12.2. The lowest BCUT2D eigenvalue weighted by atomic mass is 10.0. The lowest BCUT2D eigenvalue weighted by Crippen LogP contribution is -2.37. The topological polar surface area (TPSA) is 3.24 Å². The zero-order valence-electron chi connectivity index (χ0n) is 9.55. The SMILES string of the molecule is CC1CCCCN1c1cccc(Cl)c1CCl. The Labute approximate surface area is 107 Å². The molecule has 1 atom stereocenters. The maximum Gasteiger partial charge on any atom is 0.0509 e. The lowest BCUT2D eigenvalue weighted by Gasteiger charge is -2.36. The van der Waals surface area contributed by atoms with Crippen molar-refractivity contribution in [2.24, 2.45) is 0 Å². The van der Waals surface area contributed by atoms with Gasteiger partial charge < -0.3 is 4.90 Å². The summed E-state index contributed by atoms with van der Waals surface area (Å²) < 4.78 is 0. The molecule has 1 aliphatic heterocycles. The summed E-state index contributed by atoms with van der Waals surface area (Å²) in [5.41, 5.74) is 2.29. The zero-order valence-corrected chi connectivity index (χ0v) is 11.1. The molecule has 0 saturated carbocycles. The first-order chi connectivity index (χ1) is 7.74. The molecular weight excluding hydrogens is 241 g/mol. The number of halogens is 2. The van der Waals surface area contributed by atoms with Crippen molar-refractivity contribution < 1.29 is 0 Å². The van der Waals surface area contributed by atoms with E-state index in [-0.39, 0.29) is 0 Å². The summed E-state index contributed by atoms with van der Waals surface area (Å²) in [6.07, 6.45) is 3.85. The van der Waals surface area contributed by atoms with Crippen LogP contribution < -0.4 is 4.90 Å². The fraction of sp³-hybridized carbons (Fsp3) is 0.538. The van der Waals surface area contributed by atoms with Gasteiger partial charge in [-0.25, -0.2) is 0 Å². The van der Waals surface area contributed by atoms with Crippen molar-refractivity contribution in [3.05, 3.63) is 28.8 Å². The summed E-state index contributed by atoms with van der Waals surface area (Å²) in [5.74, 6) is 0.484. The van der Waals surface area contributed by atoms with Gasteiger partial charge in [0.1, 0.15) is 0 Å². The van der Waals surface area contributed by atoms with E-state index in [2.05, 4.69) is 17.9 Å². The standard InChI is InChI=1S/C13H17Cl2N/c1-10-5-2-3-8-16(10)13-7-4-6-12(15)11(13)9-14/h4,6-7,10H,2-3,5,8-9H2,1H3. The molecule has 1 heterocycles. The Hall–Kier alpha value is -0.400. The number of anilines is 1. The van der Waals surface area contributed by atoms with Gasteiger partial charge in [-0.1, -0.05) is 17.7 Å². The molecule has 2 rings (SSSR count). The summed E-state index contributed by atoms with van der Waals surface area (Å²) in [5, 5.41) is 0.783. The van der Waals surface area contributed by atoms with E-state index in [1.165, 1.54) is 24.9 Å². The molecule has 0 aromatic heterocycles. The lowest BCUT2D eigenvalue weighted by molar-refractivity contribution is 0.484. The van der Waals surface area contributed by atoms with Crippen molar-refractivity contribution in [2.75, 3.05) is 11.4 Å². The average molecular weight is 258 g/mol. The fourth-order valence-electron chi connectivity index (χ4n) is 2.40. The molecule has 0 N–H and O–H groups in total. The van der Waals surface area contributed by atoms with E-state index in [1.807, 2.05) is 12.1 Å². The van der Waals surface area contributed by atoms with Gasteiger partial charge in [-0.2, -0.15) is 0 Å². The van der Waals surface area contributed by atoms with Crippen LogP contribution >= 0.6 is 23.2 Å². The second-order valence-corrected chi connectivity index (χ2v) is 5.08. The molecule has 1 unspecified atom stereocenters. The van der Waals surface area contributed by atoms with E-state index in [1.54, 1.807) is 0 Å². The second kappa shape index (κ2) is 5.29. The number of nitrogens with zero attached hydrogens (tertiary/aromatic N) is 1. The third-order valence-corrected chi connectivity index (χ3v) is 3.96. The maximum absolute atomic E-state index is 6.19. The number of benzene rings is 1. The van der Waals surface area contributed by atoms with Crippen LogP contribution in [0.3, 0.4) is 0 Å². The maximum atomic E-state index is 6.19. The quantitative estimate of drug-likeness (QED) is 0.708. The van der Waals surface area contributed by atoms with Crippen molar-refractivity contribution >= 4 is 28.9 Å². The van der Waals surface area contributed by atoms with Gasteiger partial charge in [-0.05, 0) is 38.3 Å². The molecule has 1 aromatic carbocycles. The van der Waals surface area contributed by atoms with Gasteiger partial charge in [0.15, 0.2) is 0 Å². The molecule has 0 radical (unpaired) electrons. The Bertz CT molecular complexity index is 365. The van der Waals surface area contributed by atoms with Crippen LogP contribution in [0.2, 0.25) is 5.02 Å². The molecule has 0 aliphatic carbocycles. The largest absolute Gasteiger partial charge is 0.369 e. The summed E-state index contributed by atoms with van der Waals surface area (Å²) in [6.45, 7) is 3.39. The minimum atomic E-state index is 0.484. The summed E-state index contributed by atoms with van der Waals surface area (Å²) in [7, 11) is 0. The first-order valence-electron chi connectivity index (χ1n) is 5.84. The van der Waals surface area contributed by atoms with E-state index in [0.29, 0.717) is 11.9 Å². The van der Waals surface area contributed by atoms with Crippen LogP contribution in [0.5, 0.6) is 0 Å². The Kier molecular flexibility index (Phi) is 3.99. The number of hydrogen-bond donors (Lipinski definition) is 0. The Morgan fingerprint density at radius 2 is 2.19 bits per heavy atom. The van der Waals surface area contributed by atoms with Crippen LogP contribution in [0.4, 0.5) is 5.69 Å². The van der Waals surface area contributed by atoms with Crippen LogP contribution in [0, 0.1) is 0 Å². The molecule has 1 nitrogen and oxygen atoms in total. The van der Waals surface area contributed by atoms with E-state index in [4.69, 9.17) is 23.2 Å². The van der Waals surface area contributed by atoms with Crippen LogP contribution in [0.25, 0.3) is 0 Å². The minimum absolute atomic E-state index is 0.484. The second-order valence-electron chi connectivity index (χ2n) is 4.41. The molecule has 16 heavy (non-hydrogen) atoms. The molecule has 0 bridgehead atoms. The molecule has 0 spiro atoms. The van der Waals surface area contributed by atoms with Crippen LogP contribution in [0.1, 0.15) is 31.7 Å². The van der Waals surface area contributed by atoms with Crippen molar-refractivity contribution in [3.8, 4) is 0 Å². The van der Waals surface area contributed by atoms with E-state index in [0.717, 1.165) is 17.1 Å². The van der Waals surface area contributed by atoms with Gasteiger partial charge in [0.25, 0.3) is 0 Å². The zero-order chi connectivity index (χ0) is 11.5. The highest BCUT2D eigenvalue weighted by atomic mass is 35.5. The first kappa shape index (κ1) is 12.1. The van der Waals surface area contributed by atoms with Crippen molar-refractivity contribution in [2.45, 2.75) is 38.1 Å². The molecule has 88 valence electrons. The van der Waals surface area contributed by atoms with Gasteiger partial charge in [0.2, 0.25) is 0 Å². The third kappa shape index (κ3) is 2.31. The first-order valence-corrected chi connectivity index (χ1v) is 6.75. The average Bonchev–Trinajstić information content (AvgIpc) is 2.29.